The first-order valence-electron chi connectivity index (χ1n) is 9.96. The van der Waals surface area contributed by atoms with Crippen molar-refractivity contribution in [2.75, 3.05) is 14.2 Å². The number of fused-ring (bicyclic) bond motifs is 1. The minimum Gasteiger partial charge on any atom is -0.497 e. The fourth-order valence-electron chi connectivity index (χ4n) is 3.47. The smallest absolute Gasteiger partial charge is 0.266 e. The highest BCUT2D eigenvalue weighted by molar-refractivity contribution is 7.71. The molecule has 1 heterocycles. The van der Waals surface area contributed by atoms with Crippen molar-refractivity contribution < 1.29 is 14.3 Å². The Kier molecular flexibility index (Phi) is 6.48. The number of rotatable bonds is 6. The zero-order valence-corrected chi connectivity index (χ0v) is 19.4. The number of aromatic nitrogens is 2. The highest BCUT2D eigenvalue weighted by atomic mass is 35.5. The number of benzene rings is 3. The Bertz CT molecular complexity index is 1480. The highest BCUT2D eigenvalue weighted by Crippen LogP contribution is 2.27. The van der Waals surface area contributed by atoms with Gasteiger partial charge in [-0.1, -0.05) is 29.8 Å². The van der Waals surface area contributed by atoms with Gasteiger partial charge in [0, 0.05) is 23.2 Å². The minimum atomic E-state index is -0.344. The van der Waals surface area contributed by atoms with Crippen molar-refractivity contribution in [1.82, 2.24) is 14.9 Å². The molecule has 0 aliphatic carbocycles. The van der Waals surface area contributed by atoms with Crippen molar-refractivity contribution >= 4 is 40.6 Å². The Morgan fingerprint density at radius 3 is 2.61 bits per heavy atom. The minimum absolute atomic E-state index is 0.160. The first kappa shape index (κ1) is 22.6. The van der Waals surface area contributed by atoms with Gasteiger partial charge in [-0.3, -0.25) is 9.59 Å². The van der Waals surface area contributed by atoms with Gasteiger partial charge in [0.25, 0.3) is 11.5 Å². The molecule has 0 saturated heterocycles. The van der Waals surface area contributed by atoms with Crippen LogP contribution in [0.2, 0.25) is 5.02 Å². The molecule has 1 aromatic heterocycles. The molecule has 7 nitrogen and oxygen atoms in total. The first-order valence-corrected chi connectivity index (χ1v) is 10.7. The molecule has 0 atom stereocenters. The van der Waals surface area contributed by atoms with E-state index < -0.39 is 0 Å². The van der Waals surface area contributed by atoms with E-state index >= 15 is 0 Å². The molecule has 0 bridgehead atoms. The summed E-state index contributed by atoms with van der Waals surface area (Å²) in [7, 11) is 3.05. The summed E-state index contributed by atoms with van der Waals surface area (Å²) >= 11 is 11.6. The largest absolute Gasteiger partial charge is 0.497 e. The number of aromatic amines is 1. The molecular formula is C24H20ClN3O4S. The van der Waals surface area contributed by atoms with Gasteiger partial charge in [0.05, 0.1) is 30.8 Å². The van der Waals surface area contributed by atoms with E-state index in [0.29, 0.717) is 38.7 Å². The molecule has 2 N–H and O–H groups in total. The molecule has 1 amide bonds. The number of carbonyl (C=O) groups is 1. The Balaban J connectivity index is 1.71. The number of ether oxygens (including phenoxy) is 2. The molecule has 168 valence electrons. The molecule has 0 spiro atoms. The normalized spacial score (nSPS) is 10.8. The number of carbonyl (C=O) groups excluding carboxylic acids is 1. The number of nitrogens with zero attached hydrogens (tertiary/aromatic N) is 1. The molecule has 0 aliphatic heterocycles. The van der Waals surface area contributed by atoms with Gasteiger partial charge in [0.1, 0.15) is 11.5 Å². The molecule has 9 heteroatoms. The van der Waals surface area contributed by atoms with Gasteiger partial charge in [-0.05, 0) is 54.2 Å². The Labute approximate surface area is 199 Å². The van der Waals surface area contributed by atoms with Crippen molar-refractivity contribution in [3.63, 3.8) is 0 Å². The molecule has 4 rings (SSSR count). The van der Waals surface area contributed by atoms with Crippen LogP contribution in [-0.2, 0) is 6.54 Å². The quantitative estimate of drug-likeness (QED) is 0.391. The summed E-state index contributed by atoms with van der Waals surface area (Å²) < 4.78 is 12.2. The van der Waals surface area contributed by atoms with Gasteiger partial charge in [-0.2, -0.15) is 0 Å². The van der Waals surface area contributed by atoms with Crippen LogP contribution in [0.4, 0.5) is 0 Å². The van der Waals surface area contributed by atoms with E-state index in [2.05, 4.69) is 10.3 Å². The van der Waals surface area contributed by atoms with E-state index in [-0.39, 0.29) is 22.8 Å². The zero-order chi connectivity index (χ0) is 23.5. The number of hydrogen-bond acceptors (Lipinski definition) is 5. The number of methoxy groups -OCH3 is 2. The van der Waals surface area contributed by atoms with Gasteiger partial charge in [-0.25, -0.2) is 4.57 Å². The third-order valence-electron chi connectivity index (χ3n) is 5.18. The van der Waals surface area contributed by atoms with Crippen molar-refractivity contribution in [3.8, 4) is 17.2 Å². The average molecular weight is 482 g/mol. The van der Waals surface area contributed by atoms with Crippen molar-refractivity contribution in [1.29, 1.82) is 0 Å². The van der Waals surface area contributed by atoms with Gasteiger partial charge in [-0.15, -0.1) is 0 Å². The Morgan fingerprint density at radius 1 is 1.09 bits per heavy atom. The molecule has 33 heavy (non-hydrogen) atoms. The van der Waals surface area contributed by atoms with E-state index in [1.807, 2.05) is 18.2 Å². The van der Waals surface area contributed by atoms with Gasteiger partial charge < -0.3 is 19.8 Å². The summed E-state index contributed by atoms with van der Waals surface area (Å²) in [5.74, 6) is 0.722. The molecule has 0 saturated carbocycles. The summed E-state index contributed by atoms with van der Waals surface area (Å²) in [5, 5.41) is 3.79. The van der Waals surface area contributed by atoms with Crippen LogP contribution in [0.25, 0.3) is 16.6 Å². The summed E-state index contributed by atoms with van der Waals surface area (Å²) in [6.45, 7) is 0.282. The summed E-state index contributed by atoms with van der Waals surface area (Å²) in [6, 6.07) is 17.2. The van der Waals surface area contributed by atoms with E-state index in [4.69, 9.17) is 33.3 Å². The lowest BCUT2D eigenvalue weighted by Crippen LogP contribution is -2.24. The summed E-state index contributed by atoms with van der Waals surface area (Å²) in [4.78, 5) is 29.0. The van der Waals surface area contributed by atoms with E-state index in [0.717, 1.165) is 5.56 Å². The lowest BCUT2D eigenvalue weighted by atomic mass is 10.1. The molecule has 3 aromatic carbocycles. The fraction of sp³-hybridized carbons (Fsp3) is 0.125. The van der Waals surface area contributed by atoms with Crippen LogP contribution in [0.15, 0.2) is 65.5 Å². The third kappa shape index (κ3) is 4.48. The maximum atomic E-state index is 13.3. The second-order valence-electron chi connectivity index (χ2n) is 7.14. The van der Waals surface area contributed by atoms with Crippen molar-refractivity contribution in [3.05, 3.63) is 91.9 Å². The zero-order valence-electron chi connectivity index (χ0n) is 17.8. The predicted octanol–water partition coefficient (Wildman–Crippen LogP) is 4.65. The lowest BCUT2D eigenvalue weighted by Gasteiger charge is -2.14. The standard InChI is InChI=1S/C24H20ClN3O4S/c1-31-16-8-10-21(32-2)20(12-16)28-23(30)17-9-7-14(11-19(17)27-24(28)33)22(29)26-13-15-5-3-4-6-18(15)25/h3-12H,13H2,1-2H3,(H,26,29)(H,27,33). The molecular weight excluding hydrogens is 462 g/mol. The van der Waals surface area contributed by atoms with Crippen LogP contribution in [0, 0.1) is 4.77 Å². The van der Waals surface area contributed by atoms with E-state index in [1.54, 1.807) is 42.5 Å². The Hall–Kier alpha value is -3.62. The van der Waals surface area contributed by atoms with Crippen LogP contribution >= 0.6 is 23.8 Å². The number of amides is 1. The monoisotopic (exact) mass is 481 g/mol. The fourth-order valence-corrected chi connectivity index (χ4v) is 3.96. The summed E-state index contributed by atoms with van der Waals surface area (Å²) in [6.07, 6.45) is 0. The molecule has 0 aliphatic rings. The van der Waals surface area contributed by atoms with Crippen molar-refractivity contribution in [2.45, 2.75) is 6.54 Å². The SMILES string of the molecule is COc1ccc(OC)c(-n2c(=S)[nH]c3cc(C(=O)NCc4ccccc4Cl)ccc3c2=O)c1. The number of H-pyrrole nitrogens is 1. The molecule has 0 fully saturated rings. The van der Waals surface area contributed by atoms with Crippen LogP contribution in [0.1, 0.15) is 15.9 Å². The average Bonchev–Trinajstić information content (AvgIpc) is 2.82. The van der Waals surface area contributed by atoms with Gasteiger partial charge >= 0.3 is 0 Å². The molecule has 0 radical (unpaired) electrons. The molecule has 4 aromatic rings. The topological polar surface area (TPSA) is 85.3 Å². The highest BCUT2D eigenvalue weighted by Gasteiger charge is 2.15. The van der Waals surface area contributed by atoms with Crippen LogP contribution < -0.4 is 20.3 Å². The van der Waals surface area contributed by atoms with Crippen LogP contribution in [0.3, 0.4) is 0 Å². The molecule has 0 unspecified atom stereocenters. The summed E-state index contributed by atoms with van der Waals surface area (Å²) in [5.41, 5.74) is 1.75. The van der Waals surface area contributed by atoms with E-state index in [9.17, 15) is 9.59 Å². The van der Waals surface area contributed by atoms with Gasteiger partial charge in [0.15, 0.2) is 4.77 Å². The maximum Gasteiger partial charge on any atom is 0.266 e. The second-order valence-corrected chi connectivity index (χ2v) is 7.94. The number of hydrogen-bond donors (Lipinski definition) is 2. The van der Waals surface area contributed by atoms with E-state index in [1.165, 1.54) is 18.8 Å². The first-order chi connectivity index (χ1) is 15.9. The predicted molar refractivity (Wildman–Crippen MR) is 130 cm³/mol. The van der Waals surface area contributed by atoms with Crippen molar-refractivity contribution in [2.24, 2.45) is 0 Å². The number of nitrogens with one attached hydrogen (secondary N) is 2. The number of halogens is 1. The second kappa shape index (κ2) is 9.48. The Morgan fingerprint density at radius 2 is 1.88 bits per heavy atom. The lowest BCUT2D eigenvalue weighted by molar-refractivity contribution is 0.0951. The van der Waals surface area contributed by atoms with Gasteiger partial charge in [0.2, 0.25) is 0 Å². The maximum absolute atomic E-state index is 13.3. The van der Waals surface area contributed by atoms with Crippen LogP contribution in [0.5, 0.6) is 11.5 Å². The third-order valence-corrected chi connectivity index (χ3v) is 5.84. The van der Waals surface area contributed by atoms with Crippen LogP contribution in [-0.4, -0.2) is 29.7 Å².